The van der Waals surface area contributed by atoms with E-state index in [-0.39, 0.29) is 5.69 Å². The van der Waals surface area contributed by atoms with Crippen LogP contribution in [0.5, 0.6) is 0 Å². The van der Waals surface area contributed by atoms with Crippen LogP contribution >= 0.6 is 0 Å². The van der Waals surface area contributed by atoms with Crippen molar-refractivity contribution in [2.24, 2.45) is 16.6 Å². The Morgan fingerprint density at radius 1 is 1.40 bits per heavy atom. The molecule has 0 fully saturated rings. The molecule has 0 amide bonds. The number of carbonyl (C=O) groups is 2. The van der Waals surface area contributed by atoms with Crippen molar-refractivity contribution in [3.63, 3.8) is 0 Å². The molecular formula is C14H13N3O3. The van der Waals surface area contributed by atoms with E-state index < -0.39 is 18.1 Å². The van der Waals surface area contributed by atoms with Crippen molar-refractivity contribution < 1.29 is 14.7 Å². The van der Waals surface area contributed by atoms with Gasteiger partial charge in [-0.1, -0.05) is 12.1 Å². The molecule has 102 valence electrons. The zero-order valence-electron chi connectivity index (χ0n) is 10.6. The number of carboxylic acids is 1. The van der Waals surface area contributed by atoms with Crippen LogP contribution in [0.3, 0.4) is 0 Å². The number of nitrogens with two attached hydrogens (primary N) is 1. The summed E-state index contributed by atoms with van der Waals surface area (Å²) >= 11 is 0. The molecule has 1 aliphatic carbocycles. The number of carbonyl (C=O) groups excluding carboxylic acids is 1. The van der Waals surface area contributed by atoms with Gasteiger partial charge in [0.2, 0.25) is 0 Å². The third-order valence-corrected chi connectivity index (χ3v) is 3.61. The molecule has 2 unspecified atom stereocenters. The van der Waals surface area contributed by atoms with Crippen LogP contribution in [-0.2, 0) is 11.2 Å². The van der Waals surface area contributed by atoms with E-state index in [2.05, 4.69) is 9.98 Å². The van der Waals surface area contributed by atoms with Gasteiger partial charge in [0.1, 0.15) is 18.1 Å². The Hall–Kier alpha value is -2.34. The average Bonchev–Trinajstić information content (AvgIpc) is 2.45. The van der Waals surface area contributed by atoms with Crippen LogP contribution in [0.1, 0.15) is 28.2 Å². The number of aromatic nitrogens is 1. The molecule has 0 radical (unpaired) electrons. The highest BCUT2D eigenvalue weighted by Crippen LogP contribution is 2.29. The van der Waals surface area contributed by atoms with Gasteiger partial charge in [0, 0.05) is 0 Å². The van der Waals surface area contributed by atoms with Gasteiger partial charge in [0.05, 0.1) is 17.3 Å². The van der Waals surface area contributed by atoms with E-state index in [1.165, 1.54) is 6.07 Å². The number of hydrogen-bond donors (Lipinski definition) is 2. The summed E-state index contributed by atoms with van der Waals surface area (Å²) in [5.74, 6) is -1.49. The minimum atomic E-state index is -1.07. The first-order valence-corrected chi connectivity index (χ1v) is 6.33. The summed E-state index contributed by atoms with van der Waals surface area (Å²) in [5, 5.41) is 9.03. The van der Waals surface area contributed by atoms with Crippen molar-refractivity contribution in [1.82, 2.24) is 4.98 Å². The predicted octanol–water partition coefficient (Wildman–Crippen LogP) is 0.555. The summed E-state index contributed by atoms with van der Waals surface area (Å²) in [6.07, 6.45) is 3.49. The number of hydrogen-bond acceptors (Lipinski definition) is 5. The van der Waals surface area contributed by atoms with Crippen LogP contribution in [0.4, 0.5) is 0 Å². The van der Waals surface area contributed by atoms with E-state index in [1.807, 2.05) is 6.08 Å². The van der Waals surface area contributed by atoms with E-state index in [4.69, 9.17) is 10.8 Å². The Morgan fingerprint density at radius 2 is 2.20 bits per heavy atom. The maximum Gasteiger partial charge on any atom is 0.354 e. The van der Waals surface area contributed by atoms with Gasteiger partial charge in [-0.15, -0.1) is 0 Å². The minimum Gasteiger partial charge on any atom is -0.477 e. The molecule has 1 aromatic rings. The molecule has 3 rings (SSSR count). The molecular weight excluding hydrogens is 258 g/mol. The fraction of sp³-hybridized carbons (Fsp3) is 0.286. The fourth-order valence-electron chi connectivity index (χ4n) is 2.55. The Bertz CT molecular complexity index is 664. The highest BCUT2D eigenvalue weighted by Gasteiger charge is 2.29. The lowest BCUT2D eigenvalue weighted by atomic mass is 9.85. The van der Waals surface area contributed by atoms with Gasteiger partial charge in [-0.25, -0.2) is 9.78 Å². The number of carboxylic acid groups (broad SMARTS) is 1. The highest BCUT2D eigenvalue weighted by molar-refractivity contribution is 6.14. The molecule has 0 aromatic carbocycles. The second-order valence-corrected chi connectivity index (χ2v) is 4.88. The van der Waals surface area contributed by atoms with E-state index in [0.29, 0.717) is 11.4 Å². The summed E-state index contributed by atoms with van der Waals surface area (Å²) in [6, 6.07) is 3.26. The Balaban J connectivity index is 2.11. The third kappa shape index (κ3) is 1.94. The van der Waals surface area contributed by atoms with Gasteiger partial charge < -0.3 is 15.6 Å². The molecule has 3 N–H and O–H groups in total. The first-order chi connectivity index (χ1) is 9.60. The maximum atomic E-state index is 11.0. The van der Waals surface area contributed by atoms with E-state index in [1.54, 1.807) is 6.07 Å². The Morgan fingerprint density at radius 3 is 2.90 bits per heavy atom. The van der Waals surface area contributed by atoms with Crippen LogP contribution in [0, 0.1) is 5.92 Å². The van der Waals surface area contributed by atoms with E-state index >= 15 is 0 Å². The maximum absolute atomic E-state index is 11.0. The van der Waals surface area contributed by atoms with Crippen LogP contribution < -0.4 is 5.73 Å². The zero-order valence-corrected chi connectivity index (χ0v) is 10.6. The first-order valence-electron chi connectivity index (χ1n) is 6.33. The molecule has 0 bridgehead atoms. The molecule has 6 heteroatoms. The second kappa shape index (κ2) is 4.64. The highest BCUT2D eigenvalue weighted by atomic mass is 16.4. The van der Waals surface area contributed by atoms with Crippen molar-refractivity contribution in [1.29, 1.82) is 0 Å². The van der Waals surface area contributed by atoms with Gasteiger partial charge in [-0.05, 0) is 30.0 Å². The normalized spacial score (nSPS) is 24.1. The molecule has 20 heavy (non-hydrogen) atoms. The van der Waals surface area contributed by atoms with Crippen LogP contribution in [-0.4, -0.2) is 34.2 Å². The quantitative estimate of drug-likeness (QED) is 0.764. The zero-order chi connectivity index (χ0) is 14.3. The number of dihydropyridines is 1. The second-order valence-electron chi connectivity index (χ2n) is 4.88. The molecule has 2 heterocycles. The molecule has 2 aliphatic rings. The summed E-state index contributed by atoms with van der Waals surface area (Å²) in [7, 11) is 0. The smallest absolute Gasteiger partial charge is 0.354 e. The molecule has 1 aliphatic heterocycles. The molecule has 0 saturated carbocycles. The molecule has 6 nitrogen and oxygen atoms in total. The predicted molar refractivity (Wildman–Crippen MR) is 71.7 cm³/mol. The van der Waals surface area contributed by atoms with Gasteiger partial charge >= 0.3 is 5.97 Å². The molecule has 2 atom stereocenters. The first kappa shape index (κ1) is 12.7. The van der Waals surface area contributed by atoms with Gasteiger partial charge in [-0.2, -0.15) is 0 Å². The van der Waals surface area contributed by atoms with Crippen molar-refractivity contribution in [3.05, 3.63) is 40.7 Å². The number of aliphatic imine (C=N–C) groups is 1. The standard InChI is InChI=1S/C14H13N3O3/c15-13-9(6-18)5-8-2-1-7-3-4-10(14(19)20)16-11(7)12(8)17-13/h3-6,9,13H,1-2,15H2,(H,19,20). The molecule has 1 aromatic heterocycles. The summed E-state index contributed by atoms with van der Waals surface area (Å²) < 4.78 is 0. The van der Waals surface area contributed by atoms with Gasteiger partial charge in [0.25, 0.3) is 0 Å². The average molecular weight is 271 g/mol. The SMILES string of the molecule is NC1N=C2C(=CC1C=O)CCc1ccc(C(=O)O)nc12. The number of fused-ring (bicyclic) bond motifs is 3. The van der Waals surface area contributed by atoms with Gasteiger partial charge in [0.15, 0.2) is 0 Å². The Kier molecular flexibility index (Phi) is 2.94. The van der Waals surface area contributed by atoms with Crippen LogP contribution in [0.2, 0.25) is 0 Å². The van der Waals surface area contributed by atoms with Crippen molar-refractivity contribution in [2.75, 3.05) is 0 Å². The van der Waals surface area contributed by atoms with Crippen molar-refractivity contribution >= 4 is 18.0 Å². The van der Waals surface area contributed by atoms with Crippen molar-refractivity contribution in [3.8, 4) is 0 Å². The van der Waals surface area contributed by atoms with Crippen LogP contribution in [0.15, 0.2) is 28.8 Å². The number of aldehydes is 1. The summed E-state index contributed by atoms with van der Waals surface area (Å²) in [6.45, 7) is 0. The van der Waals surface area contributed by atoms with E-state index in [9.17, 15) is 9.59 Å². The van der Waals surface area contributed by atoms with Gasteiger partial charge in [-0.3, -0.25) is 4.99 Å². The lowest BCUT2D eigenvalue weighted by Gasteiger charge is -2.27. The summed E-state index contributed by atoms with van der Waals surface area (Å²) in [4.78, 5) is 30.5. The number of nitrogens with zero attached hydrogens (tertiary/aromatic N) is 2. The minimum absolute atomic E-state index is 0.0150. The van der Waals surface area contributed by atoms with Crippen LogP contribution in [0.25, 0.3) is 0 Å². The Labute approximate surface area is 115 Å². The number of pyridine rings is 1. The third-order valence-electron chi connectivity index (χ3n) is 3.61. The summed E-state index contributed by atoms with van der Waals surface area (Å²) in [5.41, 5.74) is 8.91. The number of rotatable bonds is 2. The number of allylic oxidation sites excluding steroid dienone is 1. The fourth-order valence-corrected chi connectivity index (χ4v) is 2.55. The van der Waals surface area contributed by atoms with E-state index in [0.717, 1.165) is 30.3 Å². The number of aromatic carboxylic acids is 1. The monoisotopic (exact) mass is 271 g/mol. The largest absolute Gasteiger partial charge is 0.477 e. The lowest BCUT2D eigenvalue weighted by molar-refractivity contribution is -0.110. The van der Waals surface area contributed by atoms with Crippen molar-refractivity contribution in [2.45, 2.75) is 19.0 Å². The lowest BCUT2D eigenvalue weighted by Crippen LogP contribution is -2.35. The molecule has 0 spiro atoms. The molecule has 0 saturated heterocycles. The topological polar surface area (TPSA) is 106 Å². The number of aryl methyl sites for hydroxylation is 1.